The molecule has 0 aromatic carbocycles. The maximum absolute atomic E-state index is 12.4. The van der Waals surface area contributed by atoms with Crippen LogP contribution >= 0.6 is 0 Å². The van der Waals surface area contributed by atoms with Gasteiger partial charge in [0.05, 0.1) is 24.6 Å². The van der Waals surface area contributed by atoms with Gasteiger partial charge in [0, 0.05) is 30.6 Å². The van der Waals surface area contributed by atoms with E-state index in [-0.39, 0.29) is 11.6 Å². The summed E-state index contributed by atoms with van der Waals surface area (Å²) in [5, 5.41) is 4.57. The quantitative estimate of drug-likeness (QED) is 0.579. The molecule has 1 saturated heterocycles. The highest BCUT2D eigenvalue weighted by atomic mass is 16.1. The lowest BCUT2D eigenvalue weighted by Crippen LogP contribution is -2.37. The van der Waals surface area contributed by atoms with Crippen LogP contribution < -0.4 is 10.5 Å². The van der Waals surface area contributed by atoms with Crippen LogP contribution in [0.15, 0.2) is 54.1 Å². The highest BCUT2D eigenvalue weighted by molar-refractivity contribution is 5.82. The van der Waals surface area contributed by atoms with E-state index in [0.29, 0.717) is 12.2 Å². The van der Waals surface area contributed by atoms with E-state index in [1.54, 1.807) is 30.9 Å². The van der Waals surface area contributed by atoms with Crippen LogP contribution in [0, 0.1) is 0 Å². The molecule has 0 spiro atoms. The first-order valence-electron chi connectivity index (χ1n) is 9.19. The van der Waals surface area contributed by atoms with Crippen molar-refractivity contribution in [3.05, 3.63) is 59.7 Å². The molecule has 4 aromatic heterocycles. The van der Waals surface area contributed by atoms with Gasteiger partial charge in [0.15, 0.2) is 11.5 Å². The van der Waals surface area contributed by atoms with Gasteiger partial charge in [-0.15, -0.1) is 0 Å². The number of aromatic nitrogens is 7. The van der Waals surface area contributed by atoms with Gasteiger partial charge in [-0.2, -0.15) is 5.10 Å². The van der Waals surface area contributed by atoms with E-state index in [9.17, 15) is 4.79 Å². The molecular formula is C19H18N8O. The minimum atomic E-state index is -0.117. The van der Waals surface area contributed by atoms with Gasteiger partial charge >= 0.3 is 0 Å². The molecule has 9 heteroatoms. The van der Waals surface area contributed by atoms with E-state index >= 15 is 0 Å². The number of nitrogens with one attached hydrogen (secondary N) is 1. The molecule has 0 bridgehead atoms. The topological polar surface area (TPSA) is 105 Å². The van der Waals surface area contributed by atoms with Crippen LogP contribution in [0.25, 0.3) is 22.4 Å². The fraction of sp³-hybridized carbons (Fsp3) is 0.263. The second-order valence-electron chi connectivity index (χ2n) is 6.77. The number of fused-ring (bicyclic) bond motifs is 1. The van der Waals surface area contributed by atoms with Crippen LogP contribution in [0.3, 0.4) is 0 Å². The Balaban J connectivity index is 1.47. The molecule has 5 rings (SSSR count). The Hall–Kier alpha value is -3.62. The van der Waals surface area contributed by atoms with Crippen molar-refractivity contribution in [1.29, 1.82) is 0 Å². The lowest BCUT2D eigenvalue weighted by atomic mass is 10.2. The van der Waals surface area contributed by atoms with Crippen molar-refractivity contribution >= 4 is 17.0 Å². The van der Waals surface area contributed by atoms with Crippen LogP contribution in [-0.2, 0) is 6.54 Å². The summed E-state index contributed by atoms with van der Waals surface area (Å²) in [5.74, 6) is 0.821. The fourth-order valence-corrected chi connectivity index (χ4v) is 3.72. The smallest absolute Gasteiger partial charge is 0.266 e. The Morgan fingerprint density at radius 3 is 3.04 bits per heavy atom. The predicted molar refractivity (Wildman–Crippen MR) is 104 cm³/mol. The van der Waals surface area contributed by atoms with Crippen LogP contribution in [-0.4, -0.2) is 47.3 Å². The van der Waals surface area contributed by atoms with Gasteiger partial charge in [-0.05, 0) is 31.0 Å². The van der Waals surface area contributed by atoms with Crippen LogP contribution in [0.2, 0.25) is 0 Å². The summed E-state index contributed by atoms with van der Waals surface area (Å²) < 4.78 is 1.54. The molecule has 1 unspecified atom stereocenters. The molecule has 1 atom stereocenters. The third-order valence-corrected chi connectivity index (χ3v) is 5.06. The molecular weight excluding hydrogens is 356 g/mol. The van der Waals surface area contributed by atoms with Crippen LogP contribution in [0.4, 0.5) is 5.82 Å². The maximum Gasteiger partial charge on any atom is 0.266 e. The van der Waals surface area contributed by atoms with E-state index in [1.807, 2.05) is 12.1 Å². The van der Waals surface area contributed by atoms with Gasteiger partial charge in [-0.25, -0.2) is 19.6 Å². The number of pyridine rings is 1. The molecule has 0 radical (unpaired) electrons. The molecule has 4 aromatic rings. The van der Waals surface area contributed by atoms with Crippen molar-refractivity contribution in [2.24, 2.45) is 0 Å². The summed E-state index contributed by atoms with van der Waals surface area (Å²) in [6.45, 7) is 1.36. The Kier molecular flexibility index (Phi) is 4.04. The molecule has 1 aliphatic rings. The van der Waals surface area contributed by atoms with Crippen molar-refractivity contribution in [1.82, 2.24) is 34.7 Å². The molecule has 0 saturated carbocycles. The Morgan fingerprint density at radius 1 is 1.18 bits per heavy atom. The highest BCUT2D eigenvalue weighted by Crippen LogP contribution is 2.28. The van der Waals surface area contributed by atoms with E-state index in [2.05, 4.69) is 34.9 Å². The second-order valence-corrected chi connectivity index (χ2v) is 6.77. The average Bonchev–Trinajstić information content (AvgIpc) is 3.39. The standard InChI is InChI=1S/C19H18N8O/c28-16-6-5-15(13-3-1-7-20-9-13)25-27(16)10-14-4-2-8-26(14)19-17-18(22-11-21-17)23-12-24-19/h1,3,5-7,9,11-12,14H,2,4,8,10H2,(H,21,22,23,24). The largest absolute Gasteiger partial charge is 0.350 e. The Bertz CT molecular complexity index is 1170. The zero-order valence-electron chi connectivity index (χ0n) is 15.1. The van der Waals surface area contributed by atoms with Crippen molar-refractivity contribution < 1.29 is 0 Å². The van der Waals surface area contributed by atoms with Gasteiger partial charge in [0.2, 0.25) is 0 Å². The number of rotatable bonds is 4. The number of anilines is 1. The van der Waals surface area contributed by atoms with Crippen LogP contribution in [0.5, 0.6) is 0 Å². The van der Waals surface area contributed by atoms with E-state index in [1.165, 1.54) is 11.0 Å². The molecule has 28 heavy (non-hydrogen) atoms. The number of H-pyrrole nitrogens is 1. The normalized spacial score (nSPS) is 16.7. The van der Waals surface area contributed by atoms with E-state index in [0.717, 1.165) is 42.0 Å². The fourth-order valence-electron chi connectivity index (χ4n) is 3.72. The zero-order valence-corrected chi connectivity index (χ0v) is 15.1. The zero-order chi connectivity index (χ0) is 18.9. The third kappa shape index (κ3) is 2.90. The number of nitrogens with zero attached hydrogens (tertiary/aromatic N) is 7. The lowest BCUT2D eigenvalue weighted by molar-refractivity contribution is 0.489. The van der Waals surface area contributed by atoms with Gasteiger partial charge < -0.3 is 9.88 Å². The third-order valence-electron chi connectivity index (χ3n) is 5.06. The second kappa shape index (κ2) is 6.84. The number of hydrogen-bond donors (Lipinski definition) is 1. The summed E-state index contributed by atoms with van der Waals surface area (Å²) in [6.07, 6.45) is 8.60. The first kappa shape index (κ1) is 16.5. The average molecular weight is 374 g/mol. The molecule has 0 aliphatic carbocycles. The first-order chi connectivity index (χ1) is 13.8. The van der Waals surface area contributed by atoms with E-state index in [4.69, 9.17) is 0 Å². The molecule has 9 nitrogen and oxygen atoms in total. The summed E-state index contributed by atoms with van der Waals surface area (Å²) in [4.78, 5) is 34.8. The van der Waals surface area contributed by atoms with Crippen molar-refractivity contribution in [2.45, 2.75) is 25.4 Å². The highest BCUT2D eigenvalue weighted by Gasteiger charge is 2.28. The molecule has 5 heterocycles. The Morgan fingerprint density at radius 2 is 2.14 bits per heavy atom. The number of hydrogen-bond acceptors (Lipinski definition) is 7. The van der Waals surface area contributed by atoms with Crippen molar-refractivity contribution in [3.63, 3.8) is 0 Å². The first-order valence-corrected chi connectivity index (χ1v) is 9.19. The summed E-state index contributed by atoms with van der Waals surface area (Å²) in [5.41, 5.74) is 2.96. The Labute approximate surface area is 160 Å². The van der Waals surface area contributed by atoms with Crippen molar-refractivity contribution in [2.75, 3.05) is 11.4 Å². The maximum atomic E-state index is 12.4. The summed E-state index contributed by atoms with van der Waals surface area (Å²) in [6, 6.07) is 7.21. The predicted octanol–water partition coefficient (Wildman–Crippen LogP) is 1.64. The van der Waals surface area contributed by atoms with Gasteiger partial charge in [-0.1, -0.05) is 0 Å². The summed E-state index contributed by atoms with van der Waals surface area (Å²) >= 11 is 0. The molecule has 1 fully saturated rings. The number of imidazole rings is 1. The van der Waals surface area contributed by atoms with Crippen molar-refractivity contribution in [3.8, 4) is 11.3 Å². The lowest BCUT2D eigenvalue weighted by Gasteiger charge is -2.26. The van der Waals surface area contributed by atoms with E-state index < -0.39 is 0 Å². The molecule has 140 valence electrons. The summed E-state index contributed by atoms with van der Waals surface area (Å²) in [7, 11) is 0. The molecule has 1 N–H and O–H groups in total. The molecule has 1 aliphatic heterocycles. The van der Waals surface area contributed by atoms with Gasteiger partial charge in [0.25, 0.3) is 5.56 Å². The number of aromatic amines is 1. The van der Waals surface area contributed by atoms with Gasteiger partial charge in [-0.3, -0.25) is 9.78 Å². The monoisotopic (exact) mass is 374 g/mol. The SMILES string of the molecule is O=c1ccc(-c2cccnc2)nn1CC1CCCN1c1ncnc2nc[nH]c12. The minimum absolute atomic E-state index is 0.117. The van der Waals surface area contributed by atoms with Gasteiger partial charge in [0.1, 0.15) is 11.8 Å². The molecule has 0 amide bonds. The minimum Gasteiger partial charge on any atom is -0.350 e. The van der Waals surface area contributed by atoms with Crippen LogP contribution in [0.1, 0.15) is 12.8 Å².